The van der Waals surface area contributed by atoms with Gasteiger partial charge in [-0.3, -0.25) is 4.68 Å². The summed E-state index contributed by atoms with van der Waals surface area (Å²) in [5, 5.41) is 4.61. The molecule has 1 atom stereocenters. The minimum Gasteiger partial charge on any atom is -0.268 e. The van der Waals surface area contributed by atoms with Gasteiger partial charge >= 0.3 is 0 Å². The first-order valence-corrected chi connectivity index (χ1v) is 3.56. The van der Waals surface area contributed by atoms with Crippen molar-refractivity contribution in [3.63, 3.8) is 0 Å². The summed E-state index contributed by atoms with van der Waals surface area (Å²) in [6.07, 6.45) is 2.91. The van der Waals surface area contributed by atoms with Gasteiger partial charge in [0.1, 0.15) is 0 Å². The van der Waals surface area contributed by atoms with Crippen molar-refractivity contribution >= 4 is 12.6 Å². The fraction of sp³-hybridized carbons (Fsp3) is 0.500. The lowest BCUT2D eigenvalue weighted by Gasteiger charge is -1.94. The van der Waals surface area contributed by atoms with Crippen molar-refractivity contribution < 1.29 is 0 Å². The van der Waals surface area contributed by atoms with Gasteiger partial charge in [0.2, 0.25) is 0 Å². The smallest absolute Gasteiger partial charge is 0.0532 e. The van der Waals surface area contributed by atoms with Gasteiger partial charge in [0.05, 0.1) is 6.54 Å². The quantitative estimate of drug-likeness (QED) is 0.526. The Hall–Kier alpha value is -0.440. The lowest BCUT2D eigenvalue weighted by Crippen LogP contribution is -2.00. The molecule has 2 rings (SSSR count). The van der Waals surface area contributed by atoms with Gasteiger partial charge in [-0.1, -0.05) is 0 Å². The second-order valence-corrected chi connectivity index (χ2v) is 3.09. The molecule has 0 aromatic carbocycles. The van der Waals surface area contributed by atoms with Crippen LogP contribution in [0, 0.1) is 0 Å². The molecule has 1 aliphatic heterocycles. The summed E-state index contributed by atoms with van der Waals surface area (Å²) >= 11 is 4.34. The Morgan fingerprint density at radius 1 is 1.78 bits per heavy atom. The molecule has 0 N–H and O–H groups in total. The molecule has 0 saturated heterocycles. The van der Waals surface area contributed by atoms with Crippen LogP contribution in [-0.2, 0) is 13.0 Å². The molecule has 0 fully saturated rings. The topological polar surface area (TPSA) is 17.8 Å². The van der Waals surface area contributed by atoms with E-state index in [2.05, 4.69) is 23.8 Å². The molecule has 9 heavy (non-hydrogen) atoms. The van der Waals surface area contributed by atoms with E-state index in [-0.39, 0.29) is 0 Å². The van der Waals surface area contributed by atoms with Gasteiger partial charge in [-0.05, 0) is 6.07 Å². The SMILES string of the molecule is S[C@H]1Cc2ccnn2C1. The van der Waals surface area contributed by atoms with Gasteiger partial charge in [0, 0.05) is 23.6 Å². The highest BCUT2D eigenvalue weighted by Crippen LogP contribution is 2.16. The zero-order valence-electron chi connectivity index (χ0n) is 4.99. The highest BCUT2D eigenvalue weighted by Gasteiger charge is 2.17. The number of nitrogens with zero attached hydrogens (tertiary/aromatic N) is 2. The molecular weight excluding hydrogens is 132 g/mol. The fourth-order valence-corrected chi connectivity index (χ4v) is 1.55. The molecule has 0 radical (unpaired) electrons. The third-order valence-corrected chi connectivity index (χ3v) is 1.98. The zero-order valence-corrected chi connectivity index (χ0v) is 5.88. The van der Waals surface area contributed by atoms with Crippen LogP contribution in [0.25, 0.3) is 0 Å². The maximum atomic E-state index is 4.34. The average Bonchev–Trinajstić information content (AvgIpc) is 2.22. The largest absolute Gasteiger partial charge is 0.268 e. The summed E-state index contributed by atoms with van der Waals surface area (Å²) < 4.78 is 2.01. The van der Waals surface area contributed by atoms with Crippen LogP contribution >= 0.6 is 12.6 Å². The highest BCUT2D eigenvalue weighted by atomic mass is 32.1. The number of fused-ring (bicyclic) bond motifs is 1. The molecule has 0 aliphatic carbocycles. The Balaban J connectivity index is 2.39. The van der Waals surface area contributed by atoms with Crippen molar-refractivity contribution in [1.82, 2.24) is 9.78 Å². The third-order valence-electron chi connectivity index (χ3n) is 1.63. The molecule has 1 aromatic heterocycles. The van der Waals surface area contributed by atoms with Crippen LogP contribution in [0.5, 0.6) is 0 Å². The lowest BCUT2D eigenvalue weighted by molar-refractivity contribution is 0.666. The third kappa shape index (κ3) is 0.758. The number of hydrogen-bond donors (Lipinski definition) is 1. The van der Waals surface area contributed by atoms with Crippen LogP contribution in [0.3, 0.4) is 0 Å². The van der Waals surface area contributed by atoms with E-state index < -0.39 is 0 Å². The Morgan fingerprint density at radius 2 is 2.67 bits per heavy atom. The normalized spacial score (nSPS) is 24.3. The van der Waals surface area contributed by atoms with Crippen molar-refractivity contribution in [1.29, 1.82) is 0 Å². The first-order chi connectivity index (χ1) is 4.36. The van der Waals surface area contributed by atoms with Crippen molar-refractivity contribution in [3.8, 4) is 0 Å². The summed E-state index contributed by atoms with van der Waals surface area (Å²) in [5.41, 5.74) is 1.31. The van der Waals surface area contributed by atoms with E-state index in [1.165, 1.54) is 5.69 Å². The molecule has 1 aliphatic rings. The summed E-state index contributed by atoms with van der Waals surface area (Å²) in [5.74, 6) is 0. The molecule has 3 heteroatoms. The predicted octanol–water partition coefficient (Wildman–Crippen LogP) is 0.738. The summed E-state index contributed by atoms with van der Waals surface area (Å²) in [4.78, 5) is 0. The Kier molecular flexibility index (Phi) is 1.05. The molecule has 48 valence electrons. The molecule has 0 saturated carbocycles. The standard InChI is InChI=1S/C6H8N2S/c9-6-3-5-1-2-7-8(5)4-6/h1-2,6,9H,3-4H2/t6-/m0/s1. The van der Waals surface area contributed by atoms with E-state index in [0.29, 0.717) is 5.25 Å². The van der Waals surface area contributed by atoms with Gasteiger partial charge in [-0.25, -0.2) is 0 Å². The molecule has 0 bridgehead atoms. The van der Waals surface area contributed by atoms with Crippen LogP contribution in [0.2, 0.25) is 0 Å². The molecular formula is C6H8N2S. The van der Waals surface area contributed by atoms with Crippen LogP contribution < -0.4 is 0 Å². The average molecular weight is 140 g/mol. The van der Waals surface area contributed by atoms with E-state index in [1.54, 1.807) is 0 Å². The van der Waals surface area contributed by atoms with Crippen LogP contribution in [-0.4, -0.2) is 15.0 Å². The molecule has 2 heterocycles. The number of hydrogen-bond acceptors (Lipinski definition) is 2. The van der Waals surface area contributed by atoms with E-state index >= 15 is 0 Å². The van der Waals surface area contributed by atoms with Crippen molar-refractivity contribution in [2.45, 2.75) is 18.2 Å². The van der Waals surface area contributed by atoms with Gasteiger partial charge in [-0.2, -0.15) is 17.7 Å². The predicted molar refractivity (Wildman–Crippen MR) is 38.7 cm³/mol. The number of rotatable bonds is 0. The van der Waals surface area contributed by atoms with Crippen molar-refractivity contribution in [2.24, 2.45) is 0 Å². The Morgan fingerprint density at radius 3 is 3.44 bits per heavy atom. The van der Waals surface area contributed by atoms with Gasteiger partial charge < -0.3 is 0 Å². The highest BCUT2D eigenvalue weighted by molar-refractivity contribution is 7.80. The minimum absolute atomic E-state index is 0.494. The monoisotopic (exact) mass is 140 g/mol. The lowest BCUT2D eigenvalue weighted by atomic mass is 10.3. The number of aromatic nitrogens is 2. The molecule has 1 aromatic rings. The number of thiol groups is 1. The first kappa shape index (κ1) is 5.35. The maximum Gasteiger partial charge on any atom is 0.0532 e. The first-order valence-electron chi connectivity index (χ1n) is 3.05. The second-order valence-electron chi connectivity index (χ2n) is 2.36. The Labute approximate surface area is 59.3 Å². The fourth-order valence-electron chi connectivity index (χ4n) is 1.20. The van der Waals surface area contributed by atoms with Gasteiger partial charge in [-0.15, -0.1) is 0 Å². The molecule has 0 unspecified atom stereocenters. The van der Waals surface area contributed by atoms with E-state index in [0.717, 1.165) is 13.0 Å². The summed E-state index contributed by atoms with van der Waals surface area (Å²) in [6.45, 7) is 0.978. The van der Waals surface area contributed by atoms with Crippen molar-refractivity contribution in [2.75, 3.05) is 0 Å². The second kappa shape index (κ2) is 1.77. The van der Waals surface area contributed by atoms with Crippen LogP contribution in [0.15, 0.2) is 12.3 Å². The minimum atomic E-state index is 0.494. The molecule has 0 amide bonds. The summed E-state index contributed by atoms with van der Waals surface area (Å²) in [6, 6.07) is 2.05. The van der Waals surface area contributed by atoms with Gasteiger partial charge in [0.15, 0.2) is 0 Å². The summed E-state index contributed by atoms with van der Waals surface area (Å²) in [7, 11) is 0. The van der Waals surface area contributed by atoms with E-state index in [4.69, 9.17) is 0 Å². The maximum absolute atomic E-state index is 4.34. The van der Waals surface area contributed by atoms with E-state index in [9.17, 15) is 0 Å². The zero-order chi connectivity index (χ0) is 6.27. The molecule has 0 spiro atoms. The van der Waals surface area contributed by atoms with Crippen molar-refractivity contribution in [3.05, 3.63) is 18.0 Å². The van der Waals surface area contributed by atoms with Crippen LogP contribution in [0.1, 0.15) is 5.69 Å². The van der Waals surface area contributed by atoms with Gasteiger partial charge in [0.25, 0.3) is 0 Å². The van der Waals surface area contributed by atoms with E-state index in [1.807, 2.05) is 10.9 Å². The molecule has 2 nitrogen and oxygen atoms in total. The Bertz CT molecular complexity index is 198. The van der Waals surface area contributed by atoms with Crippen LogP contribution in [0.4, 0.5) is 0 Å².